The average Bonchev–Trinajstić information content (AvgIpc) is 3.02. The zero-order valence-electron chi connectivity index (χ0n) is 15.0. The highest BCUT2D eigenvalue weighted by atomic mass is 32.1. The number of hydrogen-bond acceptors (Lipinski definition) is 4. The lowest BCUT2D eigenvalue weighted by Gasteiger charge is -2.22. The summed E-state index contributed by atoms with van der Waals surface area (Å²) in [5.41, 5.74) is 1.02. The summed E-state index contributed by atoms with van der Waals surface area (Å²) in [4.78, 5) is 29.7. The maximum Gasteiger partial charge on any atom is 0.260 e. The fourth-order valence-corrected chi connectivity index (χ4v) is 3.74. The highest BCUT2D eigenvalue weighted by Crippen LogP contribution is 2.16. The van der Waals surface area contributed by atoms with Crippen LogP contribution in [0.2, 0.25) is 0 Å². The monoisotopic (exact) mass is 372 g/mol. The van der Waals surface area contributed by atoms with Crippen LogP contribution in [-0.2, 0) is 16.0 Å². The van der Waals surface area contributed by atoms with Crippen LogP contribution >= 0.6 is 11.3 Å². The van der Waals surface area contributed by atoms with Gasteiger partial charge in [-0.25, -0.2) is 0 Å². The zero-order chi connectivity index (χ0) is 18.4. The van der Waals surface area contributed by atoms with Gasteiger partial charge in [-0.1, -0.05) is 24.3 Å². The first-order chi connectivity index (χ1) is 12.6. The van der Waals surface area contributed by atoms with Crippen LogP contribution in [0.1, 0.15) is 16.9 Å². The molecule has 1 saturated heterocycles. The van der Waals surface area contributed by atoms with Crippen molar-refractivity contribution < 1.29 is 14.3 Å². The van der Waals surface area contributed by atoms with Crippen molar-refractivity contribution >= 4 is 23.2 Å². The van der Waals surface area contributed by atoms with Crippen LogP contribution in [-0.4, -0.2) is 54.4 Å². The third-order valence-corrected chi connectivity index (χ3v) is 5.43. The molecule has 0 N–H and O–H groups in total. The van der Waals surface area contributed by atoms with E-state index in [1.165, 1.54) is 0 Å². The standard InChI is InChI=1S/C20H24N2O3S/c1-16-6-2-3-8-18(16)25-15-20(24)22-10-5-9-21(11-12-22)19(23)14-17-7-4-13-26-17/h2-4,6-8,13H,5,9-12,14-15H2,1H3. The van der Waals surface area contributed by atoms with Gasteiger partial charge in [0.15, 0.2) is 6.61 Å². The smallest absolute Gasteiger partial charge is 0.260 e. The van der Waals surface area contributed by atoms with Crippen LogP contribution in [0.4, 0.5) is 0 Å². The van der Waals surface area contributed by atoms with Gasteiger partial charge >= 0.3 is 0 Å². The first-order valence-corrected chi connectivity index (χ1v) is 9.78. The van der Waals surface area contributed by atoms with E-state index in [1.54, 1.807) is 16.2 Å². The Kier molecular flexibility index (Phi) is 6.28. The molecular weight excluding hydrogens is 348 g/mol. The molecule has 0 bridgehead atoms. The summed E-state index contributed by atoms with van der Waals surface area (Å²) in [6.45, 7) is 4.51. The largest absolute Gasteiger partial charge is 0.484 e. The van der Waals surface area contributed by atoms with Gasteiger partial charge in [0.1, 0.15) is 5.75 Å². The van der Waals surface area contributed by atoms with E-state index in [-0.39, 0.29) is 18.4 Å². The molecule has 0 unspecified atom stereocenters. The molecule has 0 aliphatic carbocycles. The van der Waals surface area contributed by atoms with Crippen molar-refractivity contribution in [1.29, 1.82) is 0 Å². The summed E-state index contributed by atoms with van der Waals surface area (Å²) in [6.07, 6.45) is 1.24. The molecule has 2 aromatic rings. The molecule has 1 aliphatic heterocycles. The predicted molar refractivity (Wildman–Crippen MR) is 102 cm³/mol. The third kappa shape index (κ3) is 4.85. The lowest BCUT2D eigenvalue weighted by atomic mass is 10.2. The second kappa shape index (κ2) is 8.85. The summed E-state index contributed by atoms with van der Waals surface area (Å²) in [5, 5.41) is 1.99. The van der Waals surface area contributed by atoms with E-state index in [1.807, 2.05) is 53.6 Å². The van der Waals surface area contributed by atoms with Crippen molar-refractivity contribution in [3.63, 3.8) is 0 Å². The number of nitrogens with zero attached hydrogens (tertiary/aromatic N) is 2. The number of aryl methyl sites for hydroxylation is 1. The molecular formula is C20H24N2O3S. The lowest BCUT2D eigenvalue weighted by molar-refractivity contribution is -0.134. The van der Waals surface area contributed by atoms with Crippen molar-refractivity contribution in [1.82, 2.24) is 9.80 Å². The van der Waals surface area contributed by atoms with E-state index in [9.17, 15) is 9.59 Å². The maximum absolute atomic E-state index is 12.5. The van der Waals surface area contributed by atoms with E-state index in [2.05, 4.69) is 0 Å². The minimum absolute atomic E-state index is 0.0270. The lowest BCUT2D eigenvalue weighted by Crippen LogP contribution is -2.39. The Balaban J connectivity index is 1.49. The molecule has 0 saturated carbocycles. The molecule has 1 fully saturated rings. The molecule has 0 radical (unpaired) electrons. The fourth-order valence-electron chi connectivity index (χ4n) is 3.04. The third-order valence-electron chi connectivity index (χ3n) is 4.55. The molecule has 2 heterocycles. The second-order valence-electron chi connectivity index (χ2n) is 6.43. The molecule has 26 heavy (non-hydrogen) atoms. The average molecular weight is 372 g/mol. The molecule has 0 spiro atoms. The highest BCUT2D eigenvalue weighted by molar-refractivity contribution is 7.10. The Morgan fingerprint density at radius 1 is 1.00 bits per heavy atom. The van der Waals surface area contributed by atoms with E-state index < -0.39 is 0 Å². The predicted octanol–water partition coefficient (Wildman–Crippen LogP) is 2.74. The van der Waals surface area contributed by atoms with Gasteiger partial charge in [0.25, 0.3) is 5.91 Å². The Hall–Kier alpha value is -2.34. The molecule has 138 valence electrons. The van der Waals surface area contributed by atoms with E-state index in [4.69, 9.17) is 4.74 Å². The molecule has 2 amide bonds. The van der Waals surface area contributed by atoms with Crippen LogP contribution in [0.15, 0.2) is 41.8 Å². The van der Waals surface area contributed by atoms with E-state index in [0.717, 1.165) is 22.6 Å². The summed E-state index contributed by atoms with van der Waals surface area (Å²) >= 11 is 1.60. The van der Waals surface area contributed by atoms with Gasteiger partial charge in [-0.15, -0.1) is 11.3 Å². The van der Waals surface area contributed by atoms with Gasteiger partial charge in [0, 0.05) is 31.1 Å². The van der Waals surface area contributed by atoms with E-state index in [0.29, 0.717) is 32.6 Å². The van der Waals surface area contributed by atoms with Crippen molar-refractivity contribution in [2.75, 3.05) is 32.8 Å². The van der Waals surface area contributed by atoms with Crippen molar-refractivity contribution in [3.05, 3.63) is 52.2 Å². The normalized spacial score (nSPS) is 14.8. The molecule has 5 nitrogen and oxygen atoms in total. The summed E-state index contributed by atoms with van der Waals surface area (Å²) in [7, 11) is 0. The molecule has 0 atom stereocenters. The maximum atomic E-state index is 12.5. The fraction of sp³-hybridized carbons (Fsp3) is 0.400. The van der Waals surface area contributed by atoms with Gasteiger partial charge < -0.3 is 14.5 Å². The van der Waals surface area contributed by atoms with Crippen LogP contribution in [0, 0.1) is 6.92 Å². The van der Waals surface area contributed by atoms with Crippen LogP contribution in [0.3, 0.4) is 0 Å². The van der Waals surface area contributed by atoms with Gasteiger partial charge in [-0.3, -0.25) is 9.59 Å². The minimum atomic E-state index is -0.0270. The van der Waals surface area contributed by atoms with Crippen molar-refractivity contribution in [3.8, 4) is 5.75 Å². The number of carbonyl (C=O) groups is 2. The molecule has 1 aromatic carbocycles. The number of hydrogen-bond donors (Lipinski definition) is 0. The molecule has 1 aromatic heterocycles. The SMILES string of the molecule is Cc1ccccc1OCC(=O)N1CCCN(C(=O)Cc2cccs2)CC1. The van der Waals surface area contributed by atoms with E-state index >= 15 is 0 Å². The number of ether oxygens (including phenoxy) is 1. The zero-order valence-corrected chi connectivity index (χ0v) is 15.8. The van der Waals surface area contributed by atoms with Crippen LogP contribution in [0.25, 0.3) is 0 Å². The van der Waals surface area contributed by atoms with Crippen LogP contribution < -0.4 is 4.74 Å². The summed E-state index contributed by atoms with van der Waals surface area (Å²) in [5.74, 6) is 0.849. The summed E-state index contributed by atoms with van der Waals surface area (Å²) < 4.78 is 5.67. The van der Waals surface area contributed by atoms with Gasteiger partial charge in [-0.2, -0.15) is 0 Å². The first-order valence-electron chi connectivity index (χ1n) is 8.90. The van der Waals surface area contributed by atoms with Gasteiger partial charge in [-0.05, 0) is 36.4 Å². The second-order valence-corrected chi connectivity index (χ2v) is 7.46. The Morgan fingerprint density at radius 3 is 2.42 bits per heavy atom. The minimum Gasteiger partial charge on any atom is -0.484 e. The Morgan fingerprint density at radius 2 is 1.73 bits per heavy atom. The van der Waals surface area contributed by atoms with Crippen molar-refractivity contribution in [2.24, 2.45) is 0 Å². The molecule has 1 aliphatic rings. The topological polar surface area (TPSA) is 49.9 Å². The number of amides is 2. The van der Waals surface area contributed by atoms with Gasteiger partial charge in [0.05, 0.1) is 6.42 Å². The Labute approximate surface area is 158 Å². The number of benzene rings is 1. The number of thiophene rings is 1. The highest BCUT2D eigenvalue weighted by Gasteiger charge is 2.22. The quantitative estimate of drug-likeness (QED) is 0.811. The number of carbonyl (C=O) groups excluding carboxylic acids is 2. The number of para-hydroxylation sites is 1. The first kappa shape index (κ1) is 18.5. The van der Waals surface area contributed by atoms with Crippen LogP contribution in [0.5, 0.6) is 5.75 Å². The van der Waals surface area contributed by atoms with Crippen molar-refractivity contribution in [2.45, 2.75) is 19.8 Å². The Bertz CT molecular complexity index is 745. The number of rotatable bonds is 5. The molecule has 3 rings (SSSR count). The summed E-state index contributed by atoms with van der Waals surface area (Å²) in [6, 6.07) is 11.6. The van der Waals surface area contributed by atoms with Gasteiger partial charge in [0.2, 0.25) is 5.91 Å². The molecule has 6 heteroatoms.